The van der Waals surface area contributed by atoms with Crippen LogP contribution in [0.3, 0.4) is 0 Å². The maximum atomic E-state index is 11.3. The van der Waals surface area contributed by atoms with Gasteiger partial charge in [0.15, 0.2) is 0 Å². The molecule has 0 saturated heterocycles. The predicted octanol–water partition coefficient (Wildman–Crippen LogP) is 2.06. The molecule has 0 aliphatic heterocycles. The number of hydrogen-bond donors (Lipinski definition) is 2. The summed E-state index contributed by atoms with van der Waals surface area (Å²) >= 11 is 0. The Bertz CT molecular complexity index is 894. The molecule has 0 spiro atoms. The van der Waals surface area contributed by atoms with E-state index in [1.807, 2.05) is 0 Å². The van der Waals surface area contributed by atoms with Crippen LogP contribution in [0.4, 0.5) is 0 Å². The predicted molar refractivity (Wildman–Crippen MR) is 102 cm³/mol. The molecule has 0 aromatic carbocycles. The molecule has 9 nitrogen and oxygen atoms in total. The highest BCUT2D eigenvalue weighted by molar-refractivity contribution is 5.70. The Hall–Kier alpha value is -2.94. The normalized spacial score (nSPS) is 19.0. The Balaban J connectivity index is 1.87. The third-order valence-electron chi connectivity index (χ3n) is 5.10. The largest absolute Gasteiger partial charge is 0.488 e. The van der Waals surface area contributed by atoms with Crippen molar-refractivity contribution >= 4 is 11.9 Å². The fourth-order valence-electron chi connectivity index (χ4n) is 3.54. The lowest BCUT2D eigenvalue weighted by atomic mass is 9.87. The summed E-state index contributed by atoms with van der Waals surface area (Å²) in [5.41, 5.74) is 2.29. The van der Waals surface area contributed by atoms with Gasteiger partial charge in [-0.15, -0.1) is 0 Å². The highest BCUT2D eigenvalue weighted by Gasteiger charge is 2.29. The van der Waals surface area contributed by atoms with Gasteiger partial charge in [0.1, 0.15) is 18.1 Å². The lowest BCUT2D eigenvalue weighted by molar-refractivity contribution is -0.144. The number of carboxylic acids is 1. The standard InChI is InChI=1S/C20H25N3O6/c1-12(25)28-11-17-19(29-14-5-3-4-13(8-14)20(26)27)7-6-16(22-17)15-9-21-23(2)18(15)10-24/h6-7,9,13-14,24H,3-5,8,10-11H2,1-2H3,(H,26,27)/t13-,14-/m0/s1. The van der Waals surface area contributed by atoms with E-state index >= 15 is 0 Å². The Morgan fingerprint density at radius 3 is 2.79 bits per heavy atom. The van der Waals surface area contributed by atoms with Gasteiger partial charge < -0.3 is 19.7 Å². The Morgan fingerprint density at radius 1 is 1.31 bits per heavy atom. The number of aliphatic hydroxyl groups excluding tert-OH is 1. The monoisotopic (exact) mass is 403 g/mol. The summed E-state index contributed by atoms with van der Waals surface area (Å²) in [6.45, 7) is 1.06. The van der Waals surface area contributed by atoms with Crippen LogP contribution in [0, 0.1) is 5.92 Å². The van der Waals surface area contributed by atoms with E-state index < -0.39 is 17.9 Å². The average molecular weight is 403 g/mol. The van der Waals surface area contributed by atoms with Crippen molar-refractivity contribution in [1.82, 2.24) is 14.8 Å². The van der Waals surface area contributed by atoms with Crippen LogP contribution >= 0.6 is 0 Å². The zero-order valence-electron chi connectivity index (χ0n) is 16.5. The summed E-state index contributed by atoms with van der Waals surface area (Å²) in [6.07, 6.45) is 4.00. The number of aryl methyl sites for hydroxylation is 1. The van der Waals surface area contributed by atoms with Crippen LogP contribution in [0.5, 0.6) is 5.75 Å². The number of aromatic nitrogens is 3. The Labute approximate surface area is 168 Å². The van der Waals surface area contributed by atoms with E-state index in [1.165, 1.54) is 6.92 Å². The van der Waals surface area contributed by atoms with E-state index in [2.05, 4.69) is 10.1 Å². The molecule has 1 aliphatic carbocycles. The molecule has 0 amide bonds. The fraction of sp³-hybridized carbons (Fsp3) is 0.500. The second kappa shape index (κ2) is 9.04. The van der Waals surface area contributed by atoms with Crippen LogP contribution in [0.2, 0.25) is 0 Å². The molecule has 2 aromatic rings. The summed E-state index contributed by atoms with van der Waals surface area (Å²) in [5, 5.41) is 23.0. The number of hydrogen-bond acceptors (Lipinski definition) is 7. The minimum atomic E-state index is -0.806. The van der Waals surface area contributed by atoms with Gasteiger partial charge in [0.05, 0.1) is 36.2 Å². The molecule has 0 bridgehead atoms. The van der Waals surface area contributed by atoms with Gasteiger partial charge in [0.25, 0.3) is 0 Å². The molecule has 0 radical (unpaired) electrons. The topological polar surface area (TPSA) is 124 Å². The molecule has 29 heavy (non-hydrogen) atoms. The van der Waals surface area contributed by atoms with Gasteiger partial charge in [-0.1, -0.05) is 0 Å². The molecule has 1 saturated carbocycles. The quantitative estimate of drug-likeness (QED) is 0.673. The number of pyridine rings is 1. The summed E-state index contributed by atoms with van der Waals surface area (Å²) < 4.78 is 12.8. The summed E-state index contributed by atoms with van der Waals surface area (Å²) in [4.78, 5) is 27.2. The zero-order chi connectivity index (χ0) is 21.0. The van der Waals surface area contributed by atoms with Crippen LogP contribution in [-0.2, 0) is 34.6 Å². The number of nitrogens with zero attached hydrogens (tertiary/aromatic N) is 3. The lowest BCUT2D eigenvalue weighted by Gasteiger charge is -2.28. The Kier molecular flexibility index (Phi) is 6.48. The summed E-state index contributed by atoms with van der Waals surface area (Å²) in [5.74, 6) is -1.20. The highest BCUT2D eigenvalue weighted by atomic mass is 16.5. The van der Waals surface area contributed by atoms with Crippen molar-refractivity contribution in [2.45, 2.75) is 51.9 Å². The van der Waals surface area contributed by atoms with Crippen molar-refractivity contribution in [3.63, 3.8) is 0 Å². The second-order valence-electron chi connectivity index (χ2n) is 7.15. The molecule has 0 unspecified atom stereocenters. The fourth-order valence-corrected chi connectivity index (χ4v) is 3.54. The maximum Gasteiger partial charge on any atom is 0.306 e. The van der Waals surface area contributed by atoms with E-state index in [0.29, 0.717) is 41.2 Å². The molecule has 2 heterocycles. The van der Waals surface area contributed by atoms with Crippen molar-refractivity contribution in [3.05, 3.63) is 29.7 Å². The first-order chi connectivity index (χ1) is 13.9. The molecular formula is C20H25N3O6. The van der Waals surface area contributed by atoms with Crippen molar-refractivity contribution in [1.29, 1.82) is 0 Å². The number of aliphatic hydroxyl groups is 1. The van der Waals surface area contributed by atoms with Gasteiger partial charge in [-0.2, -0.15) is 5.10 Å². The molecule has 1 fully saturated rings. The van der Waals surface area contributed by atoms with Gasteiger partial charge in [-0.25, -0.2) is 4.98 Å². The minimum absolute atomic E-state index is 0.0672. The van der Waals surface area contributed by atoms with Crippen LogP contribution in [0.25, 0.3) is 11.3 Å². The molecular weight excluding hydrogens is 378 g/mol. The van der Waals surface area contributed by atoms with E-state index in [-0.39, 0.29) is 19.3 Å². The van der Waals surface area contributed by atoms with E-state index in [1.54, 1.807) is 30.1 Å². The van der Waals surface area contributed by atoms with Crippen molar-refractivity contribution in [2.75, 3.05) is 0 Å². The van der Waals surface area contributed by atoms with Crippen LogP contribution in [-0.4, -0.2) is 43.0 Å². The third-order valence-corrected chi connectivity index (χ3v) is 5.10. The van der Waals surface area contributed by atoms with E-state index in [9.17, 15) is 19.8 Å². The molecule has 3 rings (SSSR count). The zero-order valence-corrected chi connectivity index (χ0v) is 16.5. The smallest absolute Gasteiger partial charge is 0.306 e. The number of ether oxygens (including phenoxy) is 2. The first kappa shape index (κ1) is 20.8. The molecule has 9 heteroatoms. The van der Waals surface area contributed by atoms with E-state index in [0.717, 1.165) is 12.8 Å². The first-order valence-corrected chi connectivity index (χ1v) is 9.54. The van der Waals surface area contributed by atoms with Crippen molar-refractivity contribution in [3.8, 4) is 17.0 Å². The molecule has 2 aromatic heterocycles. The number of carbonyl (C=O) groups is 2. The number of rotatable bonds is 7. The number of carbonyl (C=O) groups excluding carboxylic acids is 1. The highest BCUT2D eigenvalue weighted by Crippen LogP contribution is 2.31. The first-order valence-electron chi connectivity index (χ1n) is 9.54. The number of aliphatic carboxylic acids is 1. The van der Waals surface area contributed by atoms with Crippen LogP contribution in [0.15, 0.2) is 18.3 Å². The number of carboxylic acid groups (broad SMARTS) is 1. The average Bonchev–Trinajstić information content (AvgIpc) is 3.07. The van der Waals surface area contributed by atoms with Gasteiger partial charge >= 0.3 is 11.9 Å². The summed E-state index contributed by atoms with van der Waals surface area (Å²) in [6, 6.07) is 3.49. The molecule has 2 N–H and O–H groups in total. The van der Waals surface area contributed by atoms with Gasteiger partial charge in [-0.05, 0) is 37.8 Å². The maximum absolute atomic E-state index is 11.3. The third kappa shape index (κ3) is 4.92. The van der Waals surface area contributed by atoms with Crippen molar-refractivity contribution < 1.29 is 29.3 Å². The van der Waals surface area contributed by atoms with Gasteiger partial charge in [-0.3, -0.25) is 14.3 Å². The van der Waals surface area contributed by atoms with E-state index in [4.69, 9.17) is 9.47 Å². The van der Waals surface area contributed by atoms with Gasteiger partial charge in [0.2, 0.25) is 0 Å². The SMILES string of the molecule is CC(=O)OCc1nc(-c2cnn(C)c2CO)ccc1O[C@H]1CCC[C@H](C(=O)O)C1. The Morgan fingerprint density at radius 2 is 2.10 bits per heavy atom. The van der Waals surface area contributed by atoms with Crippen LogP contribution in [0.1, 0.15) is 44.0 Å². The summed E-state index contributed by atoms with van der Waals surface area (Å²) in [7, 11) is 1.73. The molecule has 2 atom stereocenters. The van der Waals surface area contributed by atoms with Crippen LogP contribution < -0.4 is 4.74 Å². The number of esters is 1. The van der Waals surface area contributed by atoms with Crippen molar-refractivity contribution in [2.24, 2.45) is 13.0 Å². The van der Waals surface area contributed by atoms with Gasteiger partial charge in [0, 0.05) is 19.5 Å². The minimum Gasteiger partial charge on any atom is -0.488 e. The molecule has 1 aliphatic rings. The molecule has 156 valence electrons. The second-order valence-corrected chi connectivity index (χ2v) is 7.15. The lowest BCUT2D eigenvalue weighted by Crippen LogP contribution is -2.29.